The first-order valence-electron chi connectivity index (χ1n) is 13.8. The van der Waals surface area contributed by atoms with Crippen LogP contribution in [-0.4, -0.2) is 60.5 Å². The van der Waals surface area contributed by atoms with E-state index in [9.17, 15) is 14.4 Å². The van der Waals surface area contributed by atoms with Crippen molar-refractivity contribution in [1.82, 2.24) is 10.3 Å². The number of piperidine rings is 1. The Labute approximate surface area is 223 Å². The van der Waals surface area contributed by atoms with Crippen molar-refractivity contribution in [2.45, 2.75) is 70.0 Å². The van der Waals surface area contributed by atoms with Crippen LogP contribution in [0.4, 0.5) is 11.5 Å². The van der Waals surface area contributed by atoms with E-state index in [0.717, 1.165) is 38.0 Å². The van der Waals surface area contributed by atoms with Crippen molar-refractivity contribution in [2.24, 2.45) is 11.7 Å². The zero-order valence-corrected chi connectivity index (χ0v) is 21.9. The van der Waals surface area contributed by atoms with Gasteiger partial charge in [-0.3, -0.25) is 14.4 Å². The number of fused-ring (bicyclic) bond motifs is 2. The van der Waals surface area contributed by atoms with E-state index in [1.54, 1.807) is 24.4 Å². The summed E-state index contributed by atoms with van der Waals surface area (Å²) >= 11 is 0. The summed E-state index contributed by atoms with van der Waals surface area (Å²) in [6, 6.07) is 9.48. The summed E-state index contributed by atoms with van der Waals surface area (Å²) in [5, 5.41) is 6.53. The Kier molecular flexibility index (Phi) is 7.93. The van der Waals surface area contributed by atoms with Gasteiger partial charge in [-0.05, 0) is 81.7 Å². The Morgan fingerprint density at radius 1 is 1.05 bits per heavy atom. The number of ketones is 1. The average molecular weight is 520 g/mol. The van der Waals surface area contributed by atoms with Crippen molar-refractivity contribution in [3.63, 3.8) is 0 Å². The maximum atomic E-state index is 13.2. The molecule has 2 bridgehead atoms. The number of anilines is 2. The van der Waals surface area contributed by atoms with E-state index in [1.165, 1.54) is 12.8 Å². The number of aromatic nitrogens is 1. The standard InChI is InChI=1S/C29H37N5O4/c1-2-38-12-11-26(35)20-6-10-27(32-17-20)34-22-7-8-23(34)15-21(14-22)33-29(37)19-5-9-24(28(30)36)25(13-19)31-16-18-3-4-18/h5-6,9-10,13,17-18,21-23,31H,2-4,7-8,11-12,14-16H2,1H3,(H2,30,36)(H,33,37). The molecule has 9 nitrogen and oxygen atoms in total. The second-order valence-corrected chi connectivity index (χ2v) is 10.7. The zero-order chi connectivity index (χ0) is 26.6. The summed E-state index contributed by atoms with van der Waals surface area (Å²) in [6.45, 7) is 3.72. The molecule has 1 aliphatic carbocycles. The van der Waals surface area contributed by atoms with Gasteiger partial charge < -0.3 is 26.0 Å². The molecule has 0 radical (unpaired) electrons. The smallest absolute Gasteiger partial charge is 0.251 e. The highest BCUT2D eigenvalue weighted by atomic mass is 16.5. The molecule has 1 saturated carbocycles. The van der Waals surface area contributed by atoms with Gasteiger partial charge in [-0.15, -0.1) is 0 Å². The SMILES string of the molecule is CCOCCC(=O)c1ccc(N2C3CCC2CC(NC(=O)c2ccc(C(N)=O)c(NCC4CC4)c2)C3)nc1. The zero-order valence-electron chi connectivity index (χ0n) is 21.9. The molecule has 3 aliphatic rings. The van der Waals surface area contributed by atoms with Gasteiger partial charge in [0.25, 0.3) is 11.8 Å². The topological polar surface area (TPSA) is 127 Å². The fraction of sp³-hybridized carbons (Fsp3) is 0.517. The number of benzene rings is 1. The average Bonchev–Trinajstić information content (AvgIpc) is 3.71. The number of nitrogens with zero attached hydrogens (tertiary/aromatic N) is 2. The lowest BCUT2D eigenvalue weighted by Crippen LogP contribution is -2.50. The second-order valence-electron chi connectivity index (χ2n) is 10.7. The lowest BCUT2D eigenvalue weighted by Gasteiger charge is -2.40. The third kappa shape index (κ3) is 5.99. The largest absolute Gasteiger partial charge is 0.384 e. The molecular weight excluding hydrogens is 482 g/mol. The lowest BCUT2D eigenvalue weighted by atomic mass is 9.96. The summed E-state index contributed by atoms with van der Waals surface area (Å²) < 4.78 is 5.29. The van der Waals surface area contributed by atoms with Gasteiger partial charge in [-0.2, -0.15) is 0 Å². The first-order chi connectivity index (χ1) is 18.4. The Hall–Kier alpha value is -3.46. The predicted molar refractivity (Wildman–Crippen MR) is 146 cm³/mol. The highest BCUT2D eigenvalue weighted by Gasteiger charge is 2.41. The molecule has 2 aliphatic heterocycles. The van der Waals surface area contributed by atoms with Gasteiger partial charge in [-0.25, -0.2) is 4.98 Å². The monoisotopic (exact) mass is 519 g/mol. The van der Waals surface area contributed by atoms with Gasteiger partial charge in [0.2, 0.25) is 0 Å². The first kappa shape index (κ1) is 26.2. The third-order valence-electron chi connectivity index (χ3n) is 7.91. The van der Waals surface area contributed by atoms with E-state index in [2.05, 4.69) is 20.5 Å². The number of carbonyl (C=O) groups excluding carboxylic acids is 3. The molecule has 1 aromatic heterocycles. The number of pyridine rings is 1. The minimum atomic E-state index is -0.504. The maximum absolute atomic E-state index is 13.2. The lowest BCUT2D eigenvalue weighted by molar-refractivity contribution is 0.0893. The number of carbonyl (C=O) groups is 3. The van der Waals surface area contributed by atoms with Crippen LogP contribution in [0.25, 0.3) is 0 Å². The molecule has 0 spiro atoms. The molecule has 9 heteroatoms. The van der Waals surface area contributed by atoms with Gasteiger partial charge in [0, 0.05) is 60.7 Å². The fourth-order valence-electron chi connectivity index (χ4n) is 5.72. The molecular formula is C29H37N5O4. The van der Waals surface area contributed by atoms with Crippen molar-refractivity contribution in [3.8, 4) is 0 Å². The molecule has 2 saturated heterocycles. The Morgan fingerprint density at radius 2 is 1.79 bits per heavy atom. The Balaban J connectivity index is 1.20. The fourth-order valence-corrected chi connectivity index (χ4v) is 5.72. The van der Waals surface area contributed by atoms with Gasteiger partial charge in [0.1, 0.15) is 5.82 Å². The molecule has 3 fully saturated rings. The van der Waals surface area contributed by atoms with Gasteiger partial charge >= 0.3 is 0 Å². The molecule has 2 amide bonds. The minimum absolute atomic E-state index is 0.0386. The van der Waals surface area contributed by atoms with Crippen molar-refractivity contribution >= 4 is 29.1 Å². The Bertz CT molecular complexity index is 1170. The van der Waals surface area contributed by atoms with Crippen molar-refractivity contribution in [2.75, 3.05) is 30.0 Å². The van der Waals surface area contributed by atoms with E-state index in [0.29, 0.717) is 60.0 Å². The molecule has 4 N–H and O–H groups in total. The van der Waals surface area contributed by atoms with E-state index >= 15 is 0 Å². The number of hydrogen-bond acceptors (Lipinski definition) is 7. The molecule has 2 unspecified atom stereocenters. The van der Waals surface area contributed by atoms with Crippen LogP contribution in [-0.2, 0) is 4.74 Å². The summed E-state index contributed by atoms with van der Waals surface area (Å²) in [6.07, 6.45) is 8.18. The quantitative estimate of drug-likeness (QED) is 0.289. The number of nitrogens with one attached hydrogen (secondary N) is 2. The van der Waals surface area contributed by atoms with Crippen LogP contribution in [0.2, 0.25) is 0 Å². The van der Waals surface area contributed by atoms with Crippen LogP contribution in [0, 0.1) is 5.92 Å². The Morgan fingerprint density at radius 3 is 2.42 bits per heavy atom. The number of primary amides is 1. The van der Waals surface area contributed by atoms with Crippen LogP contribution >= 0.6 is 0 Å². The van der Waals surface area contributed by atoms with E-state index in [4.69, 9.17) is 10.5 Å². The van der Waals surface area contributed by atoms with Gasteiger partial charge in [0.05, 0.1) is 12.2 Å². The number of ether oxygens (including phenoxy) is 1. The van der Waals surface area contributed by atoms with Gasteiger partial charge in [-0.1, -0.05) is 0 Å². The van der Waals surface area contributed by atoms with Crippen molar-refractivity contribution in [1.29, 1.82) is 0 Å². The summed E-state index contributed by atoms with van der Waals surface area (Å²) in [7, 11) is 0. The summed E-state index contributed by atoms with van der Waals surface area (Å²) in [4.78, 5) is 44.4. The van der Waals surface area contributed by atoms with Crippen LogP contribution in [0.1, 0.15) is 82.9 Å². The van der Waals surface area contributed by atoms with E-state index < -0.39 is 5.91 Å². The molecule has 2 atom stereocenters. The molecule has 5 rings (SSSR count). The number of Topliss-reactive ketones (excluding diaryl/α,β-unsaturated/α-hetero) is 1. The highest BCUT2D eigenvalue weighted by Crippen LogP contribution is 2.38. The number of nitrogens with two attached hydrogens (primary N) is 1. The molecule has 3 heterocycles. The number of amides is 2. The molecule has 2 aromatic rings. The van der Waals surface area contributed by atoms with Crippen LogP contribution in [0.3, 0.4) is 0 Å². The number of hydrogen-bond donors (Lipinski definition) is 3. The van der Waals surface area contributed by atoms with E-state index in [-0.39, 0.29) is 17.7 Å². The molecule has 1 aromatic carbocycles. The van der Waals surface area contributed by atoms with Crippen molar-refractivity contribution in [3.05, 3.63) is 53.2 Å². The minimum Gasteiger partial charge on any atom is -0.384 e. The first-order valence-corrected chi connectivity index (χ1v) is 13.8. The molecule has 38 heavy (non-hydrogen) atoms. The normalized spacial score (nSPS) is 22.2. The highest BCUT2D eigenvalue weighted by molar-refractivity contribution is 6.02. The summed E-state index contributed by atoms with van der Waals surface area (Å²) in [5.74, 6) is 0.909. The summed E-state index contributed by atoms with van der Waals surface area (Å²) in [5.41, 5.74) is 7.71. The van der Waals surface area contributed by atoms with Crippen molar-refractivity contribution < 1.29 is 19.1 Å². The second kappa shape index (κ2) is 11.5. The third-order valence-corrected chi connectivity index (χ3v) is 7.91. The van der Waals surface area contributed by atoms with E-state index in [1.807, 2.05) is 19.1 Å². The maximum Gasteiger partial charge on any atom is 0.251 e. The van der Waals surface area contributed by atoms with Gasteiger partial charge in [0.15, 0.2) is 5.78 Å². The van der Waals surface area contributed by atoms with Crippen LogP contribution in [0.15, 0.2) is 36.5 Å². The van der Waals surface area contributed by atoms with Crippen LogP contribution in [0.5, 0.6) is 0 Å². The predicted octanol–water partition coefficient (Wildman–Crippen LogP) is 3.54. The van der Waals surface area contributed by atoms with Crippen LogP contribution < -0.4 is 21.3 Å². The molecule has 202 valence electrons. The number of rotatable bonds is 12.